The molecule has 4 aromatic heterocycles. The van der Waals surface area contributed by atoms with Gasteiger partial charge in [-0.2, -0.15) is 0 Å². The molecule has 0 N–H and O–H groups in total. The Labute approximate surface area is 200 Å². The molecule has 8 aromatic rings. The van der Waals surface area contributed by atoms with Crippen molar-refractivity contribution >= 4 is 71.9 Å². The average molecular weight is 496 g/mol. The van der Waals surface area contributed by atoms with Gasteiger partial charge in [-0.1, -0.05) is 0 Å². The van der Waals surface area contributed by atoms with Crippen LogP contribution in [0.1, 0.15) is 5.69 Å². The van der Waals surface area contributed by atoms with Crippen molar-refractivity contribution in [3.63, 3.8) is 0 Å². The van der Waals surface area contributed by atoms with E-state index in [1.165, 1.54) is 52.0 Å². The summed E-state index contributed by atoms with van der Waals surface area (Å²) in [6.45, 7) is 0. The number of nitriles is 1. The Morgan fingerprint density at radius 2 is 1.29 bits per heavy atom. The number of para-hydroxylation sites is 2. The first-order valence-electron chi connectivity index (χ1n) is 11.2. The van der Waals surface area contributed by atoms with Crippen LogP contribution in [-0.2, 0) is 0 Å². The molecule has 0 spiro atoms. The van der Waals surface area contributed by atoms with E-state index < -0.39 is 0 Å². The third-order valence-electron chi connectivity index (χ3n) is 6.95. The molecular weight excluding hydrogens is 481 g/mol. The van der Waals surface area contributed by atoms with E-state index in [1.807, 2.05) is 6.07 Å². The molecule has 34 heavy (non-hydrogen) atoms. The predicted octanol–water partition coefficient (Wildman–Crippen LogP) is 7.13. The van der Waals surface area contributed by atoms with Crippen LogP contribution >= 0.6 is 0 Å². The molecule has 3 nitrogen and oxygen atoms in total. The third kappa shape index (κ3) is 2.23. The van der Waals surface area contributed by atoms with Crippen molar-refractivity contribution in [1.82, 2.24) is 9.38 Å². The fourth-order valence-electron chi connectivity index (χ4n) is 5.56. The summed E-state index contributed by atoms with van der Waals surface area (Å²) in [4.78, 5) is 4.88. The summed E-state index contributed by atoms with van der Waals surface area (Å²) in [6.07, 6.45) is 0. The SMILES string of the molecule is N#Cc1cc2c([se]c3ccccc32)c(-c2cc3c4ccccc4n4c5ccccc5c(c2)c34)n1. The van der Waals surface area contributed by atoms with Crippen LogP contribution in [0.15, 0.2) is 91.0 Å². The third-order valence-corrected chi connectivity index (χ3v) is 9.46. The monoisotopic (exact) mass is 497 g/mol. The van der Waals surface area contributed by atoms with Gasteiger partial charge in [0.2, 0.25) is 0 Å². The van der Waals surface area contributed by atoms with E-state index >= 15 is 0 Å². The van der Waals surface area contributed by atoms with Crippen molar-refractivity contribution in [3.05, 3.63) is 96.7 Å². The first-order valence-corrected chi connectivity index (χ1v) is 12.9. The molecule has 8 rings (SSSR count). The van der Waals surface area contributed by atoms with Gasteiger partial charge in [0.15, 0.2) is 0 Å². The van der Waals surface area contributed by atoms with Crippen LogP contribution in [0.5, 0.6) is 0 Å². The van der Waals surface area contributed by atoms with Crippen molar-refractivity contribution in [3.8, 4) is 17.3 Å². The Morgan fingerprint density at radius 1 is 0.676 bits per heavy atom. The van der Waals surface area contributed by atoms with Crippen LogP contribution in [0, 0.1) is 11.3 Å². The summed E-state index contributed by atoms with van der Waals surface area (Å²) in [7, 11) is 0. The topological polar surface area (TPSA) is 41.1 Å². The van der Waals surface area contributed by atoms with E-state index in [0.717, 1.165) is 16.6 Å². The molecule has 0 saturated heterocycles. The second kappa shape index (κ2) is 6.46. The summed E-state index contributed by atoms with van der Waals surface area (Å²) in [5.74, 6) is 0. The second-order valence-corrected chi connectivity index (χ2v) is 10.9. The molecule has 0 aliphatic heterocycles. The summed E-state index contributed by atoms with van der Waals surface area (Å²) in [6, 6.07) is 34.6. The Morgan fingerprint density at radius 3 is 1.97 bits per heavy atom. The average Bonchev–Trinajstić information content (AvgIpc) is 3.54. The number of nitrogens with zero attached hydrogens (tertiary/aromatic N) is 3. The van der Waals surface area contributed by atoms with Crippen LogP contribution in [-0.4, -0.2) is 23.9 Å². The summed E-state index contributed by atoms with van der Waals surface area (Å²) in [5.41, 5.74) is 6.21. The number of pyridine rings is 1. The van der Waals surface area contributed by atoms with Gasteiger partial charge in [0.25, 0.3) is 0 Å². The number of benzene rings is 4. The molecule has 156 valence electrons. The van der Waals surface area contributed by atoms with Crippen LogP contribution < -0.4 is 0 Å². The van der Waals surface area contributed by atoms with Gasteiger partial charge in [0.1, 0.15) is 0 Å². The predicted molar refractivity (Wildman–Crippen MR) is 141 cm³/mol. The van der Waals surface area contributed by atoms with E-state index in [1.54, 1.807) is 0 Å². The van der Waals surface area contributed by atoms with Crippen LogP contribution in [0.4, 0.5) is 0 Å². The van der Waals surface area contributed by atoms with E-state index in [4.69, 9.17) is 4.98 Å². The van der Waals surface area contributed by atoms with Crippen molar-refractivity contribution in [2.24, 2.45) is 0 Å². The number of hydrogen-bond donors (Lipinski definition) is 0. The van der Waals surface area contributed by atoms with Crippen molar-refractivity contribution in [2.45, 2.75) is 0 Å². The van der Waals surface area contributed by atoms with E-state index in [2.05, 4.69) is 95.4 Å². The fourth-order valence-corrected chi connectivity index (χ4v) is 8.07. The molecule has 0 bridgehead atoms. The number of rotatable bonds is 1. The minimum absolute atomic E-state index is 0.156. The number of hydrogen-bond acceptors (Lipinski definition) is 2. The van der Waals surface area contributed by atoms with E-state index in [-0.39, 0.29) is 14.5 Å². The first-order chi connectivity index (χ1) is 16.8. The number of aromatic nitrogens is 2. The summed E-state index contributed by atoms with van der Waals surface area (Å²) >= 11 is 0.156. The maximum absolute atomic E-state index is 9.80. The summed E-state index contributed by atoms with van der Waals surface area (Å²) in [5, 5.41) is 17.2. The molecule has 0 atom stereocenters. The molecule has 0 aliphatic carbocycles. The Bertz CT molecular complexity index is 2060. The molecule has 0 aliphatic rings. The Hall–Kier alpha value is -4.16. The van der Waals surface area contributed by atoms with E-state index in [9.17, 15) is 5.26 Å². The summed E-state index contributed by atoms with van der Waals surface area (Å²) < 4.78 is 5.02. The molecule has 0 radical (unpaired) electrons. The van der Waals surface area contributed by atoms with Gasteiger partial charge in [-0.3, -0.25) is 0 Å². The van der Waals surface area contributed by atoms with Crippen LogP contribution in [0.25, 0.3) is 68.6 Å². The molecule has 0 saturated carbocycles. The molecule has 4 heterocycles. The fraction of sp³-hybridized carbons (Fsp3) is 0. The van der Waals surface area contributed by atoms with Gasteiger partial charge < -0.3 is 0 Å². The van der Waals surface area contributed by atoms with Crippen molar-refractivity contribution < 1.29 is 0 Å². The number of fused-ring (bicyclic) bond motifs is 9. The van der Waals surface area contributed by atoms with Crippen LogP contribution in [0.3, 0.4) is 0 Å². The van der Waals surface area contributed by atoms with Crippen molar-refractivity contribution in [1.29, 1.82) is 5.26 Å². The Kier molecular flexibility index (Phi) is 3.47. The first kappa shape index (κ1) is 18.3. The molecule has 4 aromatic carbocycles. The molecular formula is C30H15N3Se. The second-order valence-electron chi connectivity index (χ2n) is 8.73. The van der Waals surface area contributed by atoms with Gasteiger partial charge in [0, 0.05) is 0 Å². The van der Waals surface area contributed by atoms with E-state index in [0.29, 0.717) is 5.69 Å². The molecule has 0 unspecified atom stereocenters. The zero-order valence-electron chi connectivity index (χ0n) is 17.9. The van der Waals surface area contributed by atoms with Gasteiger partial charge in [-0.25, -0.2) is 0 Å². The molecule has 4 heteroatoms. The van der Waals surface area contributed by atoms with Gasteiger partial charge in [-0.15, -0.1) is 0 Å². The van der Waals surface area contributed by atoms with Crippen molar-refractivity contribution in [2.75, 3.05) is 0 Å². The zero-order valence-corrected chi connectivity index (χ0v) is 19.6. The standard InChI is InChI=1S/C30H15N3Se/c31-16-18-15-24-21-9-3-6-12-27(21)34-30(24)28(32-18)17-13-22-19-7-1-4-10-25(19)33-26-11-5-2-8-20(26)23(14-17)29(22)33/h1-15H. The van der Waals surface area contributed by atoms with Crippen LogP contribution in [0.2, 0.25) is 0 Å². The van der Waals surface area contributed by atoms with Gasteiger partial charge in [-0.05, 0) is 0 Å². The quantitative estimate of drug-likeness (QED) is 0.227. The Balaban J connectivity index is 1.59. The molecule has 0 fully saturated rings. The van der Waals surface area contributed by atoms with Gasteiger partial charge >= 0.3 is 201 Å². The zero-order chi connectivity index (χ0) is 22.4. The maximum atomic E-state index is 9.80. The molecule has 0 amide bonds. The normalized spacial score (nSPS) is 12.1. The minimum atomic E-state index is 0.156. The van der Waals surface area contributed by atoms with Gasteiger partial charge in [0.05, 0.1) is 0 Å².